The summed E-state index contributed by atoms with van der Waals surface area (Å²) in [5.74, 6) is 0. The van der Waals surface area contributed by atoms with Crippen molar-refractivity contribution in [1.29, 1.82) is 0 Å². The van der Waals surface area contributed by atoms with E-state index in [0.717, 1.165) is 25.9 Å². The normalized spacial score (nSPS) is 13.3. The fraction of sp³-hybridized carbons (Fsp3) is 0.917. The molecule has 0 aromatic carbocycles. The summed E-state index contributed by atoms with van der Waals surface area (Å²) in [6.45, 7) is 8.33. The summed E-state index contributed by atoms with van der Waals surface area (Å²) in [6, 6.07) is 0.145. The molecule has 0 saturated heterocycles. The van der Waals surface area contributed by atoms with E-state index in [4.69, 9.17) is 9.47 Å². The molecule has 0 rings (SSSR count). The van der Waals surface area contributed by atoms with Crippen molar-refractivity contribution in [2.24, 2.45) is 0 Å². The van der Waals surface area contributed by atoms with E-state index in [1.54, 1.807) is 7.11 Å². The Bertz CT molecular complexity index is 199. The molecule has 16 heavy (non-hydrogen) atoms. The molecule has 4 nitrogen and oxygen atoms in total. The van der Waals surface area contributed by atoms with Gasteiger partial charge in [0.15, 0.2) is 0 Å². The van der Waals surface area contributed by atoms with E-state index in [0.29, 0.717) is 0 Å². The van der Waals surface area contributed by atoms with Gasteiger partial charge in [0.1, 0.15) is 5.60 Å². The predicted octanol–water partition coefficient (Wildman–Crippen LogP) is 2.72. The molecule has 1 N–H and O–H groups in total. The van der Waals surface area contributed by atoms with Gasteiger partial charge in [-0.25, -0.2) is 4.79 Å². The van der Waals surface area contributed by atoms with Gasteiger partial charge in [0.25, 0.3) is 0 Å². The van der Waals surface area contributed by atoms with E-state index < -0.39 is 5.60 Å². The number of rotatable bonds is 6. The standard InChI is InChI=1S/C12H25NO3/c1-10(8-6-7-9-15-5)13-11(14)16-12(2,3)4/h10H,6-9H2,1-5H3,(H,13,14). The maximum atomic E-state index is 11.4. The molecule has 0 heterocycles. The van der Waals surface area contributed by atoms with Crippen LogP contribution in [0.5, 0.6) is 0 Å². The topological polar surface area (TPSA) is 47.6 Å². The Morgan fingerprint density at radius 3 is 2.44 bits per heavy atom. The van der Waals surface area contributed by atoms with Gasteiger partial charge >= 0.3 is 6.09 Å². The minimum absolute atomic E-state index is 0.145. The average molecular weight is 231 g/mol. The Labute approximate surface area is 98.7 Å². The molecule has 4 heteroatoms. The lowest BCUT2D eigenvalue weighted by molar-refractivity contribution is 0.0505. The lowest BCUT2D eigenvalue weighted by Crippen LogP contribution is -2.37. The number of ether oxygens (including phenoxy) is 2. The molecule has 96 valence electrons. The van der Waals surface area contributed by atoms with Crippen molar-refractivity contribution in [2.75, 3.05) is 13.7 Å². The average Bonchev–Trinajstić information content (AvgIpc) is 2.09. The quantitative estimate of drug-likeness (QED) is 0.715. The summed E-state index contributed by atoms with van der Waals surface area (Å²) in [5.41, 5.74) is -0.431. The highest BCUT2D eigenvalue weighted by molar-refractivity contribution is 5.67. The van der Waals surface area contributed by atoms with Crippen LogP contribution in [0.2, 0.25) is 0 Å². The summed E-state index contributed by atoms with van der Waals surface area (Å²) in [6.07, 6.45) is 2.68. The first-order chi connectivity index (χ1) is 7.35. The van der Waals surface area contributed by atoms with Gasteiger partial charge in [0, 0.05) is 19.8 Å². The maximum Gasteiger partial charge on any atom is 0.407 e. The molecule has 0 aromatic heterocycles. The summed E-state index contributed by atoms with van der Waals surface area (Å²) in [4.78, 5) is 11.4. The van der Waals surface area contributed by atoms with Crippen LogP contribution in [0, 0.1) is 0 Å². The molecule has 0 aliphatic rings. The lowest BCUT2D eigenvalue weighted by atomic mass is 10.1. The summed E-state index contributed by atoms with van der Waals surface area (Å²) in [7, 11) is 1.70. The van der Waals surface area contributed by atoms with E-state index in [2.05, 4.69) is 5.32 Å². The zero-order valence-corrected chi connectivity index (χ0v) is 11.1. The monoisotopic (exact) mass is 231 g/mol. The van der Waals surface area contributed by atoms with Gasteiger partial charge in [-0.3, -0.25) is 0 Å². The molecule has 0 aromatic rings. The SMILES string of the molecule is COCCCCC(C)NC(=O)OC(C)(C)C. The number of unbranched alkanes of at least 4 members (excludes halogenated alkanes) is 1. The van der Waals surface area contributed by atoms with Crippen molar-refractivity contribution in [3.05, 3.63) is 0 Å². The third kappa shape index (κ3) is 9.77. The number of carbonyl (C=O) groups excluding carboxylic acids is 1. The second-order valence-electron chi connectivity index (χ2n) is 5.04. The van der Waals surface area contributed by atoms with E-state index >= 15 is 0 Å². The van der Waals surface area contributed by atoms with Crippen molar-refractivity contribution in [2.45, 2.75) is 58.6 Å². The Kier molecular flexibility index (Phi) is 7.13. The molecule has 1 amide bonds. The van der Waals surface area contributed by atoms with Gasteiger partial charge in [-0.05, 0) is 47.0 Å². The minimum Gasteiger partial charge on any atom is -0.444 e. The van der Waals surface area contributed by atoms with Gasteiger partial charge in [-0.1, -0.05) is 0 Å². The number of methoxy groups -OCH3 is 1. The van der Waals surface area contributed by atoms with Crippen LogP contribution < -0.4 is 5.32 Å². The number of alkyl carbamates (subject to hydrolysis) is 1. The van der Waals surface area contributed by atoms with Crippen LogP contribution in [0.4, 0.5) is 4.79 Å². The van der Waals surface area contributed by atoms with Crippen LogP contribution >= 0.6 is 0 Å². The van der Waals surface area contributed by atoms with E-state index in [9.17, 15) is 4.79 Å². The molecular weight excluding hydrogens is 206 g/mol. The summed E-state index contributed by atoms with van der Waals surface area (Å²) < 4.78 is 10.1. The number of amides is 1. The largest absolute Gasteiger partial charge is 0.444 e. The maximum absolute atomic E-state index is 11.4. The lowest BCUT2D eigenvalue weighted by Gasteiger charge is -2.21. The van der Waals surface area contributed by atoms with Crippen LogP contribution in [0.25, 0.3) is 0 Å². The second-order valence-corrected chi connectivity index (χ2v) is 5.04. The zero-order chi connectivity index (χ0) is 12.6. The van der Waals surface area contributed by atoms with Crippen molar-refractivity contribution in [3.8, 4) is 0 Å². The van der Waals surface area contributed by atoms with Crippen molar-refractivity contribution >= 4 is 6.09 Å². The molecule has 0 saturated carbocycles. The summed E-state index contributed by atoms with van der Waals surface area (Å²) >= 11 is 0. The first-order valence-corrected chi connectivity index (χ1v) is 5.83. The van der Waals surface area contributed by atoms with Gasteiger partial charge in [0.2, 0.25) is 0 Å². The molecule has 0 bridgehead atoms. The number of nitrogens with one attached hydrogen (secondary N) is 1. The van der Waals surface area contributed by atoms with Crippen LogP contribution in [0.15, 0.2) is 0 Å². The second kappa shape index (κ2) is 7.49. The van der Waals surface area contributed by atoms with Gasteiger partial charge in [-0.15, -0.1) is 0 Å². The summed E-state index contributed by atoms with van der Waals surface area (Å²) in [5, 5.41) is 2.81. The van der Waals surface area contributed by atoms with Crippen molar-refractivity contribution in [3.63, 3.8) is 0 Å². The molecular formula is C12H25NO3. The van der Waals surface area contributed by atoms with E-state index in [1.807, 2.05) is 27.7 Å². The van der Waals surface area contributed by atoms with Crippen molar-refractivity contribution in [1.82, 2.24) is 5.32 Å². The smallest absolute Gasteiger partial charge is 0.407 e. The Morgan fingerprint density at radius 2 is 1.94 bits per heavy atom. The fourth-order valence-electron chi connectivity index (χ4n) is 1.28. The Morgan fingerprint density at radius 1 is 1.31 bits per heavy atom. The van der Waals surface area contributed by atoms with Crippen LogP contribution in [-0.2, 0) is 9.47 Å². The highest BCUT2D eigenvalue weighted by atomic mass is 16.6. The molecule has 0 radical (unpaired) electrons. The Balaban J connectivity index is 3.62. The predicted molar refractivity (Wildman–Crippen MR) is 64.6 cm³/mol. The van der Waals surface area contributed by atoms with Gasteiger partial charge in [0.05, 0.1) is 0 Å². The molecule has 1 unspecified atom stereocenters. The molecule has 0 fully saturated rings. The first kappa shape index (κ1) is 15.2. The Hall–Kier alpha value is -0.770. The molecule has 1 atom stereocenters. The highest BCUT2D eigenvalue weighted by Crippen LogP contribution is 2.07. The third-order valence-corrected chi connectivity index (χ3v) is 2.00. The van der Waals surface area contributed by atoms with Gasteiger partial charge in [-0.2, -0.15) is 0 Å². The molecule has 0 aliphatic heterocycles. The van der Waals surface area contributed by atoms with E-state index in [-0.39, 0.29) is 12.1 Å². The molecule has 0 spiro atoms. The first-order valence-electron chi connectivity index (χ1n) is 5.83. The third-order valence-electron chi connectivity index (χ3n) is 2.00. The highest BCUT2D eigenvalue weighted by Gasteiger charge is 2.17. The van der Waals surface area contributed by atoms with Crippen molar-refractivity contribution < 1.29 is 14.3 Å². The van der Waals surface area contributed by atoms with Crippen LogP contribution in [0.1, 0.15) is 47.0 Å². The number of hydrogen-bond acceptors (Lipinski definition) is 3. The number of carbonyl (C=O) groups is 1. The van der Waals surface area contributed by atoms with Gasteiger partial charge < -0.3 is 14.8 Å². The molecule has 0 aliphatic carbocycles. The fourth-order valence-corrected chi connectivity index (χ4v) is 1.28. The van der Waals surface area contributed by atoms with Crippen LogP contribution in [-0.4, -0.2) is 31.5 Å². The van der Waals surface area contributed by atoms with E-state index in [1.165, 1.54) is 0 Å². The zero-order valence-electron chi connectivity index (χ0n) is 11.1. The van der Waals surface area contributed by atoms with Crippen LogP contribution in [0.3, 0.4) is 0 Å². The number of hydrogen-bond donors (Lipinski definition) is 1. The minimum atomic E-state index is -0.431.